The van der Waals surface area contributed by atoms with Gasteiger partial charge in [0.2, 0.25) is 0 Å². The number of amides is 1. The Morgan fingerprint density at radius 1 is 1.56 bits per heavy atom. The van der Waals surface area contributed by atoms with E-state index in [1.54, 1.807) is 16.5 Å². The van der Waals surface area contributed by atoms with Crippen molar-refractivity contribution in [2.45, 2.75) is 33.7 Å². The zero-order chi connectivity index (χ0) is 13.7. The number of anilines is 1. The van der Waals surface area contributed by atoms with Crippen molar-refractivity contribution < 1.29 is 4.79 Å². The molecule has 18 heavy (non-hydrogen) atoms. The topological polar surface area (TPSA) is 87.9 Å². The molecular formula is C12H19N5O. The number of hydrogen-bond acceptors (Lipinski definition) is 4. The van der Waals surface area contributed by atoms with Crippen LogP contribution in [0.15, 0.2) is 0 Å². The minimum atomic E-state index is -0.160. The van der Waals surface area contributed by atoms with Gasteiger partial charge in [-0.1, -0.05) is 0 Å². The number of carbonyl (C=O) groups is 1. The Kier molecular flexibility index (Phi) is 4.72. The summed E-state index contributed by atoms with van der Waals surface area (Å²) in [4.78, 5) is 14.0. The molecule has 6 nitrogen and oxygen atoms in total. The maximum Gasteiger partial charge on any atom is 0.274 e. The summed E-state index contributed by atoms with van der Waals surface area (Å²) < 4.78 is 1.61. The van der Waals surface area contributed by atoms with E-state index < -0.39 is 0 Å². The van der Waals surface area contributed by atoms with Crippen molar-refractivity contribution in [1.29, 1.82) is 5.26 Å². The van der Waals surface area contributed by atoms with Crippen LogP contribution in [0.25, 0.3) is 0 Å². The molecule has 0 aromatic carbocycles. The van der Waals surface area contributed by atoms with Crippen LogP contribution in [0.5, 0.6) is 0 Å². The third-order valence-electron chi connectivity index (χ3n) is 2.84. The zero-order valence-electron chi connectivity index (χ0n) is 11.1. The van der Waals surface area contributed by atoms with Gasteiger partial charge in [-0.05, 0) is 20.8 Å². The number of aromatic nitrogens is 2. The molecule has 2 N–H and O–H groups in total. The van der Waals surface area contributed by atoms with Gasteiger partial charge < -0.3 is 10.6 Å². The fraction of sp³-hybridized carbons (Fsp3) is 0.583. The van der Waals surface area contributed by atoms with E-state index in [1.807, 2.05) is 19.9 Å². The summed E-state index contributed by atoms with van der Waals surface area (Å²) in [5.41, 5.74) is 7.42. The van der Waals surface area contributed by atoms with Gasteiger partial charge in [0.25, 0.3) is 5.91 Å². The number of carbonyl (C=O) groups excluding carboxylic acids is 1. The van der Waals surface area contributed by atoms with Crippen LogP contribution in [0, 0.1) is 18.3 Å². The van der Waals surface area contributed by atoms with Gasteiger partial charge in [-0.2, -0.15) is 10.4 Å². The molecule has 0 aliphatic heterocycles. The summed E-state index contributed by atoms with van der Waals surface area (Å²) in [5, 5.41) is 12.8. The van der Waals surface area contributed by atoms with Crippen molar-refractivity contribution >= 4 is 11.6 Å². The van der Waals surface area contributed by atoms with Crippen LogP contribution in [0.2, 0.25) is 0 Å². The highest BCUT2D eigenvalue weighted by Gasteiger charge is 2.23. The fourth-order valence-electron chi connectivity index (χ4n) is 1.79. The number of nitrogen functional groups attached to an aromatic ring is 1. The second-order valence-corrected chi connectivity index (χ2v) is 3.96. The van der Waals surface area contributed by atoms with Gasteiger partial charge in [0, 0.05) is 19.6 Å². The molecular weight excluding hydrogens is 230 g/mol. The number of aryl methyl sites for hydroxylation is 2. The lowest BCUT2D eigenvalue weighted by molar-refractivity contribution is 0.0756. The normalized spacial score (nSPS) is 10.1. The maximum absolute atomic E-state index is 12.4. The molecule has 0 aliphatic rings. The smallest absolute Gasteiger partial charge is 0.274 e. The maximum atomic E-state index is 12.4. The van der Waals surface area contributed by atoms with E-state index in [2.05, 4.69) is 5.10 Å². The molecule has 0 bridgehead atoms. The molecule has 0 atom stereocenters. The number of rotatable bonds is 5. The van der Waals surface area contributed by atoms with Crippen molar-refractivity contribution in [1.82, 2.24) is 14.7 Å². The fourth-order valence-corrected chi connectivity index (χ4v) is 1.79. The lowest BCUT2D eigenvalue weighted by Crippen LogP contribution is -2.33. The quantitative estimate of drug-likeness (QED) is 0.848. The van der Waals surface area contributed by atoms with Crippen LogP contribution in [-0.4, -0.2) is 33.7 Å². The highest BCUT2D eigenvalue weighted by atomic mass is 16.2. The van der Waals surface area contributed by atoms with Gasteiger partial charge in [0.1, 0.15) is 5.69 Å². The van der Waals surface area contributed by atoms with E-state index in [-0.39, 0.29) is 5.91 Å². The molecule has 1 heterocycles. The summed E-state index contributed by atoms with van der Waals surface area (Å²) in [5.74, 6) is -0.160. The van der Waals surface area contributed by atoms with Crippen LogP contribution >= 0.6 is 0 Å². The van der Waals surface area contributed by atoms with Crippen molar-refractivity contribution in [2.75, 3.05) is 18.8 Å². The van der Waals surface area contributed by atoms with Crippen molar-refractivity contribution in [3.8, 4) is 6.07 Å². The van der Waals surface area contributed by atoms with E-state index in [0.29, 0.717) is 43.1 Å². The molecule has 0 saturated heterocycles. The first-order valence-electron chi connectivity index (χ1n) is 6.05. The minimum absolute atomic E-state index is 0.160. The minimum Gasteiger partial charge on any atom is -0.395 e. The summed E-state index contributed by atoms with van der Waals surface area (Å²) in [6, 6.07) is 2.04. The largest absolute Gasteiger partial charge is 0.395 e. The summed E-state index contributed by atoms with van der Waals surface area (Å²) >= 11 is 0. The van der Waals surface area contributed by atoms with E-state index in [1.165, 1.54) is 0 Å². The molecule has 0 unspecified atom stereocenters. The van der Waals surface area contributed by atoms with Gasteiger partial charge in [-0.3, -0.25) is 9.48 Å². The van der Waals surface area contributed by atoms with Crippen LogP contribution < -0.4 is 5.73 Å². The highest BCUT2D eigenvalue weighted by Crippen LogP contribution is 2.18. The average molecular weight is 249 g/mol. The van der Waals surface area contributed by atoms with Crippen LogP contribution in [0.3, 0.4) is 0 Å². The van der Waals surface area contributed by atoms with E-state index in [0.717, 1.165) is 0 Å². The Morgan fingerprint density at radius 3 is 2.72 bits per heavy atom. The van der Waals surface area contributed by atoms with E-state index >= 15 is 0 Å². The third kappa shape index (κ3) is 2.62. The lowest BCUT2D eigenvalue weighted by Gasteiger charge is -2.20. The first-order chi connectivity index (χ1) is 8.56. The zero-order valence-corrected chi connectivity index (χ0v) is 11.1. The standard InChI is InChI=1S/C12H19N5O/c1-4-16(8-6-7-13)12(18)11-10(14)9(3)15-17(11)5-2/h4-6,8,14H2,1-3H3. The molecule has 1 aromatic rings. The second kappa shape index (κ2) is 6.05. The van der Waals surface area contributed by atoms with E-state index in [9.17, 15) is 4.79 Å². The van der Waals surface area contributed by atoms with Gasteiger partial charge in [0.05, 0.1) is 23.9 Å². The monoisotopic (exact) mass is 249 g/mol. The molecule has 1 rings (SSSR count). The van der Waals surface area contributed by atoms with Gasteiger partial charge in [-0.25, -0.2) is 0 Å². The first-order valence-corrected chi connectivity index (χ1v) is 6.05. The Morgan fingerprint density at radius 2 is 2.22 bits per heavy atom. The van der Waals surface area contributed by atoms with Gasteiger partial charge >= 0.3 is 0 Å². The molecule has 0 spiro atoms. The highest BCUT2D eigenvalue weighted by molar-refractivity contribution is 5.98. The molecule has 0 radical (unpaired) electrons. The van der Waals surface area contributed by atoms with E-state index in [4.69, 9.17) is 11.0 Å². The van der Waals surface area contributed by atoms with Crippen LogP contribution in [0.1, 0.15) is 36.5 Å². The van der Waals surface area contributed by atoms with Crippen molar-refractivity contribution in [2.24, 2.45) is 0 Å². The average Bonchev–Trinajstić information content (AvgIpc) is 2.66. The van der Waals surface area contributed by atoms with Crippen molar-refractivity contribution in [3.05, 3.63) is 11.4 Å². The van der Waals surface area contributed by atoms with Crippen LogP contribution in [-0.2, 0) is 6.54 Å². The molecule has 0 aliphatic carbocycles. The Balaban J connectivity index is 3.05. The number of nitrogens with two attached hydrogens (primary N) is 1. The summed E-state index contributed by atoms with van der Waals surface area (Å²) in [7, 11) is 0. The second-order valence-electron chi connectivity index (χ2n) is 3.96. The molecule has 6 heteroatoms. The molecule has 1 aromatic heterocycles. The predicted molar refractivity (Wildman–Crippen MR) is 68.9 cm³/mol. The summed E-state index contributed by atoms with van der Waals surface area (Å²) in [6.07, 6.45) is 0.318. The lowest BCUT2D eigenvalue weighted by atomic mass is 10.2. The Labute approximate surface area is 107 Å². The number of nitriles is 1. The third-order valence-corrected chi connectivity index (χ3v) is 2.84. The van der Waals surface area contributed by atoms with Gasteiger partial charge in [-0.15, -0.1) is 0 Å². The SMILES string of the molecule is CCN(CCC#N)C(=O)c1c(N)c(C)nn1CC. The molecule has 98 valence electrons. The molecule has 1 amide bonds. The first kappa shape index (κ1) is 14.0. The molecule has 0 fully saturated rings. The summed E-state index contributed by atoms with van der Waals surface area (Å²) in [6.45, 7) is 7.13. The Hall–Kier alpha value is -2.03. The van der Waals surface area contributed by atoms with Gasteiger partial charge in [0.15, 0.2) is 0 Å². The Bertz CT molecular complexity index is 472. The number of nitrogens with zero attached hydrogens (tertiary/aromatic N) is 4. The molecule has 0 saturated carbocycles. The number of hydrogen-bond donors (Lipinski definition) is 1. The van der Waals surface area contributed by atoms with Crippen LogP contribution in [0.4, 0.5) is 5.69 Å². The van der Waals surface area contributed by atoms with Crippen molar-refractivity contribution in [3.63, 3.8) is 0 Å². The predicted octanol–water partition coefficient (Wildman–Crippen LogP) is 1.17.